The van der Waals surface area contributed by atoms with Crippen molar-refractivity contribution in [2.45, 2.75) is 69.4 Å². The molecule has 2 aliphatic rings. The van der Waals surface area contributed by atoms with E-state index in [-0.39, 0.29) is 30.0 Å². The maximum atomic E-state index is 13.6. The number of hydrogen-bond acceptors (Lipinski definition) is 3. The third-order valence-corrected chi connectivity index (χ3v) is 5.60. The molecule has 1 aromatic rings. The van der Waals surface area contributed by atoms with Crippen LogP contribution in [0.5, 0.6) is 0 Å². The van der Waals surface area contributed by atoms with Crippen LogP contribution in [0.4, 0.5) is 9.18 Å². The number of nitrogens with one attached hydrogen (secondary N) is 2. The predicted molar refractivity (Wildman–Crippen MR) is 96.3 cm³/mol. The highest BCUT2D eigenvalue weighted by atomic mass is 19.1. The van der Waals surface area contributed by atoms with Gasteiger partial charge in [0.1, 0.15) is 11.9 Å². The quantitative estimate of drug-likeness (QED) is 0.789. The lowest BCUT2D eigenvalue weighted by atomic mass is 9.64. The molecule has 0 heterocycles. The summed E-state index contributed by atoms with van der Waals surface area (Å²) < 4.78 is 19.4. The van der Waals surface area contributed by atoms with Gasteiger partial charge in [0.25, 0.3) is 0 Å². The molecule has 3 rings (SSSR count). The predicted octanol–water partition coefficient (Wildman–Crippen LogP) is 3.42. The van der Waals surface area contributed by atoms with Crippen molar-refractivity contribution >= 4 is 12.0 Å². The topological polar surface area (TPSA) is 67.4 Å². The number of urea groups is 1. The highest BCUT2D eigenvalue weighted by Crippen LogP contribution is 2.45. The summed E-state index contributed by atoms with van der Waals surface area (Å²) in [6.45, 7) is 2.48. The molecule has 0 aliphatic heterocycles. The summed E-state index contributed by atoms with van der Waals surface area (Å²) in [5, 5.41) is 5.67. The van der Waals surface area contributed by atoms with E-state index in [1.807, 2.05) is 13.0 Å². The van der Waals surface area contributed by atoms with Crippen molar-refractivity contribution in [2.75, 3.05) is 6.54 Å². The zero-order valence-electron chi connectivity index (χ0n) is 15.2. The van der Waals surface area contributed by atoms with Gasteiger partial charge in [-0.05, 0) is 63.1 Å². The van der Waals surface area contributed by atoms with Crippen molar-refractivity contribution in [3.8, 4) is 0 Å². The largest absolute Gasteiger partial charge is 0.462 e. The molecule has 0 spiro atoms. The molecule has 5 nitrogen and oxygen atoms in total. The van der Waals surface area contributed by atoms with Crippen LogP contribution in [0.25, 0.3) is 0 Å². The Balaban J connectivity index is 1.54. The second-order valence-corrected chi connectivity index (χ2v) is 7.33. The number of rotatable bonds is 5. The second kappa shape index (κ2) is 8.06. The fourth-order valence-electron chi connectivity index (χ4n) is 3.91. The summed E-state index contributed by atoms with van der Waals surface area (Å²) in [6, 6.07) is 6.29. The molecule has 0 saturated heterocycles. The highest BCUT2D eigenvalue weighted by molar-refractivity contribution is 5.84. The average Bonchev–Trinajstić information content (AvgIpc) is 2.56. The molecular formula is C20H27FN2O3. The molecule has 0 radical (unpaired) electrons. The van der Waals surface area contributed by atoms with Crippen LogP contribution in [0.2, 0.25) is 0 Å². The fourth-order valence-corrected chi connectivity index (χ4v) is 3.91. The van der Waals surface area contributed by atoms with Gasteiger partial charge >= 0.3 is 12.0 Å². The summed E-state index contributed by atoms with van der Waals surface area (Å²) in [5.74, 6) is -0.548. The molecule has 2 fully saturated rings. The van der Waals surface area contributed by atoms with E-state index in [1.165, 1.54) is 12.1 Å². The van der Waals surface area contributed by atoms with Crippen molar-refractivity contribution in [1.82, 2.24) is 10.6 Å². The Morgan fingerprint density at radius 2 is 1.96 bits per heavy atom. The molecule has 2 N–H and O–H groups in total. The molecule has 2 saturated carbocycles. The molecule has 142 valence electrons. The number of halogens is 1. The lowest BCUT2D eigenvalue weighted by Gasteiger charge is -2.41. The molecule has 2 aliphatic carbocycles. The summed E-state index contributed by atoms with van der Waals surface area (Å²) in [6.07, 6.45) is 5.32. The van der Waals surface area contributed by atoms with Gasteiger partial charge in [0.15, 0.2) is 0 Å². The highest BCUT2D eigenvalue weighted by Gasteiger charge is 2.48. The Labute approximate surface area is 153 Å². The first-order chi connectivity index (χ1) is 12.5. The van der Waals surface area contributed by atoms with Crippen molar-refractivity contribution in [2.24, 2.45) is 0 Å². The van der Waals surface area contributed by atoms with Crippen molar-refractivity contribution in [3.05, 3.63) is 35.6 Å². The number of esters is 1. The Morgan fingerprint density at radius 1 is 1.23 bits per heavy atom. The first kappa shape index (κ1) is 18.7. The van der Waals surface area contributed by atoms with Crippen LogP contribution in [-0.4, -0.2) is 30.7 Å². The van der Waals surface area contributed by atoms with E-state index in [2.05, 4.69) is 10.6 Å². The molecule has 1 aromatic carbocycles. The smallest absolute Gasteiger partial charge is 0.316 e. The average molecular weight is 362 g/mol. The molecule has 26 heavy (non-hydrogen) atoms. The number of carbonyl (C=O) groups is 2. The van der Waals surface area contributed by atoms with Crippen LogP contribution < -0.4 is 10.6 Å². The molecular weight excluding hydrogens is 335 g/mol. The number of carbonyl (C=O) groups excluding carboxylic acids is 2. The number of ether oxygens (including phenoxy) is 1. The lowest BCUT2D eigenvalue weighted by molar-refractivity contribution is -0.161. The summed E-state index contributed by atoms with van der Waals surface area (Å²) in [7, 11) is 0. The number of hydrogen-bond donors (Lipinski definition) is 2. The van der Waals surface area contributed by atoms with Gasteiger partial charge in [0.05, 0.1) is 5.41 Å². The van der Waals surface area contributed by atoms with Crippen LogP contribution in [0.1, 0.15) is 57.4 Å². The monoisotopic (exact) mass is 362 g/mol. The SMILES string of the molecule is CCNC(=O)NC1CCC(OC(=O)C2(c3cccc(F)c3)CCC2)CC1. The minimum absolute atomic E-state index is 0.123. The lowest BCUT2D eigenvalue weighted by Crippen LogP contribution is -2.47. The zero-order chi connectivity index (χ0) is 18.6. The Kier molecular flexibility index (Phi) is 5.79. The molecule has 6 heteroatoms. The molecule has 0 unspecified atom stereocenters. The zero-order valence-corrected chi connectivity index (χ0v) is 15.2. The molecule has 0 aromatic heterocycles. The van der Waals surface area contributed by atoms with Crippen molar-refractivity contribution < 1.29 is 18.7 Å². The molecule has 0 atom stereocenters. The summed E-state index contributed by atoms with van der Waals surface area (Å²) in [5.41, 5.74) is 0.0402. The van der Waals surface area contributed by atoms with Gasteiger partial charge in [-0.1, -0.05) is 18.6 Å². The van der Waals surface area contributed by atoms with E-state index in [9.17, 15) is 14.0 Å². The third-order valence-electron chi connectivity index (χ3n) is 5.60. The first-order valence-corrected chi connectivity index (χ1v) is 9.55. The van der Waals surface area contributed by atoms with Gasteiger partial charge in [-0.2, -0.15) is 0 Å². The van der Waals surface area contributed by atoms with Crippen LogP contribution in [0, 0.1) is 5.82 Å². The normalized spacial score (nSPS) is 24.2. The van der Waals surface area contributed by atoms with Crippen LogP contribution in [0.15, 0.2) is 24.3 Å². The van der Waals surface area contributed by atoms with Gasteiger partial charge in [-0.3, -0.25) is 4.79 Å². The van der Waals surface area contributed by atoms with Crippen LogP contribution >= 0.6 is 0 Å². The number of amides is 2. The summed E-state index contributed by atoms with van der Waals surface area (Å²) >= 11 is 0. The Morgan fingerprint density at radius 3 is 2.54 bits per heavy atom. The minimum atomic E-state index is -0.682. The second-order valence-electron chi connectivity index (χ2n) is 7.33. The van der Waals surface area contributed by atoms with Gasteiger partial charge in [0.2, 0.25) is 0 Å². The molecule has 0 bridgehead atoms. The minimum Gasteiger partial charge on any atom is -0.462 e. The number of benzene rings is 1. The first-order valence-electron chi connectivity index (χ1n) is 9.55. The van der Waals surface area contributed by atoms with Crippen molar-refractivity contribution in [1.29, 1.82) is 0 Å². The van der Waals surface area contributed by atoms with Gasteiger partial charge in [0, 0.05) is 12.6 Å². The standard InChI is InChI=1S/C20H27FN2O3/c1-2-22-19(25)23-16-7-9-17(10-8-16)26-18(24)20(11-4-12-20)14-5-3-6-15(21)13-14/h3,5-6,13,16-17H,2,4,7-12H2,1H3,(H2,22,23,25). The summed E-state index contributed by atoms with van der Waals surface area (Å²) in [4.78, 5) is 24.4. The maximum absolute atomic E-state index is 13.6. The van der Waals surface area contributed by atoms with Gasteiger partial charge in [-0.25, -0.2) is 9.18 Å². The molecule has 2 amide bonds. The maximum Gasteiger partial charge on any atom is 0.316 e. The van der Waals surface area contributed by atoms with Crippen LogP contribution in [-0.2, 0) is 14.9 Å². The Hall–Kier alpha value is -2.11. The van der Waals surface area contributed by atoms with E-state index >= 15 is 0 Å². The van der Waals surface area contributed by atoms with Gasteiger partial charge < -0.3 is 15.4 Å². The van der Waals surface area contributed by atoms with E-state index < -0.39 is 5.41 Å². The van der Waals surface area contributed by atoms with Gasteiger partial charge in [-0.15, -0.1) is 0 Å². The van der Waals surface area contributed by atoms with E-state index in [4.69, 9.17) is 4.74 Å². The van der Waals surface area contributed by atoms with Crippen molar-refractivity contribution in [3.63, 3.8) is 0 Å². The van der Waals surface area contributed by atoms with E-state index in [1.54, 1.807) is 6.07 Å². The Bertz CT molecular complexity index is 652. The third kappa shape index (κ3) is 4.00. The fraction of sp³-hybridized carbons (Fsp3) is 0.600. The van der Waals surface area contributed by atoms with E-state index in [0.717, 1.165) is 37.7 Å². The van der Waals surface area contributed by atoms with Crippen LogP contribution in [0.3, 0.4) is 0 Å². The van der Waals surface area contributed by atoms with E-state index in [0.29, 0.717) is 19.4 Å².